The molecule has 0 aliphatic heterocycles. The third kappa shape index (κ3) is 3.56. The van der Waals surface area contributed by atoms with E-state index < -0.39 is 15.8 Å². The lowest BCUT2D eigenvalue weighted by molar-refractivity contribution is 0.388. The zero-order chi connectivity index (χ0) is 15.6. The van der Waals surface area contributed by atoms with Crippen molar-refractivity contribution in [1.29, 1.82) is 0 Å². The third-order valence-electron chi connectivity index (χ3n) is 2.64. The maximum atomic E-state index is 13.7. The van der Waals surface area contributed by atoms with Crippen LogP contribution in [-0.4, -0.2) is 15.5 Å². The molecule has 0 bridgehead atoms. The van der Waals surface area contributed by atoms with Gasteiger partial charge in [0.05, 0.1) is 17.7 Å². The standard InChI is InChI=1S/C13H12FIN2O3S/c1-20-13-11(14)6-10(7-12(13)16)21(18,19)17-9-4-2-3-8(15)5-9/h2-7,17H,16H2,1H3. The van der Waals surface area contributed by atoms with Crippen molar-refractivity contribution < 1.29 is 17.5 Å². The van der Waals surface area contributed by atoms with Crippen molar-refractivity contribution in [1.82, 2.24) is 0 Å². The Kier molecular flexibility index (Phi) is 4.57. The highest BCUT2D eigenvalue weighted by Gasteiger charge is 2.19. The van der Waals surface area contributed by atoms with Crippen LogP contribution in [-0.2, 0) is 10.0 Å². The van der Waals surface area contributed by atoms with Crippen LogP contribution in [0.5, 0.6) is 5.75 Å². The van der Waals surface area contributed by atoms with Gasteiger partial charge in [-0.2, -0.15) is 0 Å². The summed E-state index contributed by atoms with van der Waals surface area (Å²) < 4.78 is 46.2. The Labute approximate surface area is 135 Å². The first-order valence-corrected chi connectivity index (χ1v) is 8.31. The molecule has 5 nitrogen and oxygen atoms in total. The summed E-state index contributed by atoms with van der Waals surface area (Å²) >= 11 is 2.06. The van der Waals surface area contributed by atoms with Crippen LogP contribution in [0.1, 0.15) is 0 Å². The molecule has 0 heterocycles. The highest BCUT2D eigenvalue weighted by atomic mass is 127. The highest BCUT2D eigenvalue weighted by Crippen LogP contribution is 2.29. The Hall–Kier alpha value is -1.55. The largest absolute Gasteiger partial charge is 0.492 e. The van der Waals surface area contributed by atoms with Crippen LogP contribution in [0.3, 0.4) is 0 Å². The van der Waals surface area contributed by atoms with Crippen molar-refractivity contribution in [2.24, 2.45) is 0 Å². The van der Waals surface area contributed by atoms with E-state index in [1.807, 2.05) is 6.07 Å². The van der Waals surface area contributed by atoms with E-state index in [9.17, 15) is 12.8 Å². The van der Waals surface area contributed by atoms with Gasteiger partial charge in [0.15, 0.2) is 11.6 Å². The minimum atomic E-state index is -3.93. The number of ether oxygens (including phenoxy) is 1. The van der Waals surface area contributed by atoms with E-state index in [1.165, 1.54) is 7.11 Å². The normalized spacial score (nSPS) is 11.2. The van der Waals surface area contributed by atoms with Gasteiger partial charge in [-0.05, 0) is 52.9 Å². The number of nitrogens with two attached hydrogens (primary N) is 1. The highest BCUT2D eigenvalue weighted by molar-refractivity contribution is 14.1. The molecule has 3 N–H and O–H groups in total. The number of hydrogen-bond donors (Lipinski definition) is 2. The summed E-state index contributed by atoms with van der Waals surface area (Å²) in [7, 11) is -2.67. The van der Waals surface area contributed by atoms with Gasteiger partial charge < -0.3 is 10.5 Å². The number of nitrogen functional groups attached to an aromatic ring is 1. The van der Waals surface area contributed by atoms with Crippen LogP contribution in [0.2, 0.25) is 0 Å². The summed E-state index contributed by atoms with van der Waals surface area (Å²) in [6.07, 6.45) is 0. The van der Waals surface area contributed by atoms with Gasteiger partial charge in [0.1, 0.15) is 0 Å². The Balaban J connectivity index is 2.40. The second-order valence-corrected chi connectivity index (χ2v) is 7.07. The molecule has 21 heavy (non-hydrogen) atoms. The number of nitrogens with one attached hydrogen (secondary N) is 1. The van der Waals surface area contributed by atoms with E-state index in [4.69, 9.17) is 10.5 Å². The molecule has 2 aromatic rings. The lowest BCUT2D eigenvalue weighted by Crippen LogP contribution is -2.14. The quantitative estimate of drug-likeness (QED) is 0.587. The smallest absolute Gasteiger partial charge is 0.262 e. The monoisotopic (exact) mass is 422 g/mol. The summed E-state index contributed by atoms with van der Waals surface area (Å²) in [5.74, 6) is -1.01. The maximum absolute atomic E-state index is 13.7. The number of rotatable bonds is 4. The molecule has 0 atom stereocenters. The van der Waals surface area contributed by atoms with Crippen molar-refractivity contribution in [2.45, 2.75) is 4.90 Å². The first-order chi connectivity index (χ1) is 9.83. The molecule has 0 aliphatic rings. The topological polar surface area (TPSA) is 81.4 Å². The summed E-state index contributed by atoms with van der Waals surface area (Å²) in [4.78, 5) is -0.267. The van der Waals surface area contributed by atoms with Crippen molar-refractivity contribution in [3.63, 3.8) is 0 Å². The molecule has 112 valence electrons. The predicted molar refractivity (Wildman–Crippen MR) is 87.3 cm³/mol. The Morgan fingerprint density at radius 1 is 1.29 bits per heavy atom. The molecular formula is C13H12FIN2O3S. The van der Waals surface area contributed by atoms with Gasteiger partial charge in [-0.3, -0.25) is 4.72 Å². The van der Waals surface area contributed by atoms with Crippen LogP contribution in [0.4, 0.5) is 15.8 Å². The summed E-state index contributed by atoms with van der Waals surface area (Å²) in [6.45, 7) is 0. The van der Waals surface area contributed by atoms with Crippen LogP contribution in [0.25, 0.3) is 0 Å². The van der Waals surface area contributed by atoms with Crippen molar-refractivity contribution in [2.75, 3.05) is 17.6 Å². The molecule has 0 spiro atoms. The molecule has 2 aromatic carbocycles. The van der Waals surface area contributed by atoms with E-state index in [0.29, 0.717) is 5.69 Å². The van der Waals surface area contributed by atoms with Gasteiger partial charge >= 0.3 is 0 Å². The second-order valence-electron chi connectivity index (χ2n) is 4.14. The number of methoxy groups -OCH3 is 1. The van der Waals surface area contributed by atoms with E-state index >= 15 is 0 Å². The minimum absolute atomic E-state index is 0.0829. The SMILES string of the molecule is COc1c(N)cc(S(=O)(=O)Nc2cccc(I)c2)cc1F. The van der Waals surface area contributed by atoms with E-state index in [-0.39, 0.29) is 16.3 Å². The predicted octanol–water partition coefficient (Wildman–Crippen LogP) is 2.82. The van der Waals surface area contributed by atoms with E-state index in [0.717, 1.165) is 15.7 Å². The fourth-order valence-electron chi connectivity index (χ4n) is 1.73. The summed E-state index contributed by atoms with van der Waals surface area (Å²) in [5.41, 5.74) is 5.89. The van der Waals surface area contributed by atoms with Crippen LogP contribution < -0.4 is 15.2 Å². The molecule has 0 aromatic heterocycles. The Bertz CT molecular complexity index is 758. The van der Waals surface area contributed by atoms with Crippen molar-refractivity contribution in [3.8, 4) is 5.75 Å². The van der Waals surface area contributed by atoms with Gasteiger partial charge in [-0.1, -0.05) is 6.07 Å². The minimum Gasteiger partial charge on any atom is -0.492 e. The molecule has 0 saturated carbocycles. The Morgan fingerprint density at radius 3 is 2.57 bits per heavy atom. The number of sulfonamides is 1. The lowest BCUT2D eigenvalue weighted by Gasteiger charge is -2.11. The zero-order valence-electron chi connectivity index (χ0n) is 10.9. The number of benzene rings is 2. The van der Waals surface area contributed by atoms with Gasteiger partial charge in [0, 0.05) is 9.26 Å². The maximum Gasteiger partial charge on any atom is 0.262 e. The first-order valence-electron chi connectivity index (χ1n) is 5.75. The third-order valence-corrected chi connectivity index (χ3v) is 4.67. The Morgan fingerprint density at radius 2 is 2.00 bits per heavy atom. The molecular weight excluding hydrogens is 410 g/mol. The fourth-order valence-corrected chi connectivity index (χ4v) is 3.36. The molecule has 0 unspecified atom stereocenters. The van der Waals surface area contributed by atoms with Gasteiger partial charge in [0.2, 0.25) is 0 Å². The van der Waals surface area contributed by atoms with Crippen LogP contribution in [0, 0.1) is 9.39 Å². The van der Waals surface area contributed by atoms with E-state index in [2.05, 4.69) is 27.3 Å². The average Bonchev–Trinajstić information content (AvgIpc) is 2.37. The van der Waals surface area contributed by atoms with Gasteiger partial charge in [-0.25, -0.2) is 12.8 Å². The molecule has 0 amide bonds. The van der Waals surface area contributed by atoms with Crippen molar-refractivity contribution >= 4 is 44.0 Å². The summed E-state index contributed by atoms with van der Waals surface area (Å²) in [5, 5.41) is 0. The number of hydrogen-bond acceptors (Lipinski definition) is 4. The molecule has 8 heteroatoms. The van der Waals surface area contributed by atoms with Crippen molar-refractivity contribution in [3.05, 3.63) is 45.8 Å². The molecule has 0 fully saturated rings. The molecule has 0 radical (unpaired) electrons. The van der Waals surface area contributed by atoms with Gasteiger partial charge in [0.25, 0.3) is 10.0 Å². The average molecular weight is 422 g/mol. The molecule has 0 aliphatic carbocycles. The van der Waals surface area contributed by atoms with Crippen LogP contribution >= 0.6 is 22.6 Å². The summed E-state index contributed by atoms with van der Waals surface area (Å²) in [6, 6.07) is 8.81. The second kappa shape index (κ2) is 6.06. The molecule has 0 saturated heterocycles. The van der Waals surface area contributed by atoms with Crippen LogP contribution in [0.15, 0.2) is 41.3 Å². The molecule has 2 rings (SSSR count). The van der Waals surface area contributed by atoms with Gasteiger partial charge in [-0.15, -0.1) is 0 Å². The van der Waals surface area contributed by atoms with E-state index in [1.54, 1.807) is 18.2 Å². The number of halogens is 2. The lowest BCUT2D eigenvalue weighted by atomic mass is 10.3. The first kappa shape index (κ1) is 15.8. The zero-order valence-corrected chi connectivity index (χ0v) is 13.9. The fraction of sp³-hybridized carbons (Fsp3) is 0.0769. The number of anilines is 2.